The van der Waals surface area contributed by atoms with Crippen molar-refractivity contribution in [2.24, 2.45) is 0 Å². The molecule has 0 saturated carbocycles. The van der Waals surface area contributed by atoms with Crippen LogP contribution >= 0.6 is 0 Å². The predicted molar refractivity (Wildman–Crippen MR) is 63.9 cm³/mol. The molecular weight excluding hydrogens is 212 g/mol. The standard InChI is InChI=1S/C14H12N2O/c17-14(11-5-6-15-16-9-11)8-12-7-10-3-1-2-4-13(10)12/h1-6,9,12H,7-8H2. The first-order valence-corrected chi connectivity index (χ1v) is 5.72. The van der Waals surface area contributed by atoms with E-state index >= 15 is 0 Å². The second-order valence-electron chi connectivity index (χ2n) is 4.36. The van der Waals surface area contributed by atoms with Gasteiger partial charge in [-0.15, -0.1) is 0 Å². The third kappa shape index (κ3) is 1.84. The van der Waals surface area contributed by atoms with Crippen molar-refractivity contribution < 1.29 is 4.79 Å². The fourth-order valence-corrected chi connectivity index (χ4v) is 2.34. The number of fused-ring (bicyclic) bond motifs is 1. The topological polar surface area (TPSA) is 42.9 Å². The number of carbonyl (C=O) groups excluding carboxylic acids is 1. The number of nitrogens with zero attached hydrogens (tertiary/aromatic N) is 2. The van der Waals surface area contributed by atoms with Gasteiger partial charge >= 0.3 is 0 Å². The van der Waals surface area contributed by atoms with Crippen LogP contribution in [-0.2, 0) is 6.42 Å². The van der Waals surface area contributed by atoms with Crippen LogP contribution in [0, 0.1) is 0 Å². The highest BCUT2D eigenvalue weighted by atomic mass is 16.1. The van der Waals surface area contributed by atoms with E-state index in [-0.39, 0.29) is 5.78 Å². The second kappa shape index (κ2) is 4.09. The Kier molecular flexibility index (Phi) is 2.44. The zero-order valence-electron chi connectivity index (χ0n) is 9.34. The zero-order chi connectivity index (χ0) is 11.7. The summed E-state index contributed by atoms with van der Waals surface area (Å²) in [6.07, 6.45) is 4.68. The second-order valence-corrected chi connectivity index (χ2v) is 4.36. The molecule has 1 unspecified atom stereocenters. The monoisotopic (exact) mass is 224 g/mol. The largest absolute Gasteiger partial charge is 0.294 e. The Morgan fingerprint density at radius 3 is 2.88 bits per heavy atom. The molecule has 1 heterocycles. The van der Waals surface area contributed by atoms with Crippen LogP contribution in [0.4, 0.5) is 0 Å². The molecule has 0 aliphatic heterocycles. The van der Waals surface area contributed by atoms with E-state index in [0.29, 0.717) is 17.9 Å². The number of rotatable bonds is 3. The van der Waals surface area contributed by atoms with Gasteiger partial charge in [0.15, 0.2) is 5.78 Å². The molecule has 3 nitrogen and oxygen atoms in total. The number of hydrogen-bond donors (Lipinski definition) is 0. The summed E-state index contributed by atoms with van der Waals surface area (Å²) >= 11 is 0. The molecule has 17 heavy (non-hydrogen) atoms. The molecule has 1 aromatic carbocycles. The molecule has 1 atom stereocenters. The Hall–Kier alpha value is -2.03. The lowest BCUT2D eigenvalue weighted by atomic mass is 9.74. The third-order valence-corrected chi connectivity index (χ3v) is 3.30. The molecule has 84 valence electrons. The van der Waals surface area contributed by atoms with Gasteiger partial charge in [-0.25, -0.2) is 0 Å². The number of benzene rings is 1. The molecule has 0 saturated heterocycles. The summed E-state index contributed by atoms with van der Waals surface area (Å²) in [7, 11) is 0. The van der Waals surface area contributed by atoms with Gasteiger partial charge in [0.05, 0.1) is 12.4 Å². The molecule has 0 N–H and O–H groups in total. The Bertz CT molecular complexity index is 551. The van der Waals surface area contributed by atoms with E-state index in [1.807, 2.05) is 12.1 Å². The number of carbonyl (C=O) groups is 1. The van der Waals surface area contributed by atoms with Gasteiger partial charge < -0.3 is 0 Å². The average molecular weight is 224 g/mol. The molecule has 2 aromatic rings. The lowest BCUT2D eigenvalue weighted by Gasteiger charge is -2.29. The molecule has 1 aliphatic carbocycles. The SMILES string of the molecule is O=C(CC1Cc2ccccc21)c1ccnnc1. The molecule has 3 heteroatoms. The summed E-state index contributed by atoms with van der Waals surface area (Å²) in [6, 6.07) is 10.0. The molecule has 1 aromatic heterocycles. The van der Waals surface area contributed by atoms with Crippen molar-refractivity contribution in [2.75, 3.05) is 0 Å². The van der Waals surface area contributed by atoms with Crippen LogP contribution in [0.2, 0.25) is 0 Å². The van der Waals surface area contributed by atoms with Gasteiger partial charge in [0.2, 0.25) is 0 Å². The minimum absolute atomic E-state index is 0.152. The van der Waals surface area contributed by atoms with Crippen LogP contribution in [0.1, 0.15) is 33.8 Å². The van der Waals surface area contributed by atoms with Gasteiger partial charge in [-0.1, -0.05) is 24.3 Å². The van der Waals surface area contributed by atoms with Gasteiger partial charge in [-0.2, -0.15) is 10.2 Å². The van der Waals surface area contributed by atoms with E-state index < -0.39 is 0 Å². The van der Waals surface area contributed by atoms with Crippen LogP contribution in [0.3, 0.4) is 0 Å². The first-order chi connectivity index (χ1) is 8.34. The quantitative estimate of drug-likeness (QED) is 0.752. The number of Topliss-reactive ketones (excluding diaryl/α,β-unsaturated/α-hetero) is 1. The van der Waals surface area contributed by atoms with Gasteiger partial charge in [-0.3, -0.25) is 4.79 Å². The van der Waals surface area contributed by atoms with Crippen LogP contribution < -0.4 is 0 Å². The summed E-state index contributed by atoms with van der Waals surface area (Å²) < 4.78 is 0. The fraction of sp³-hybridized carbons (Fsp3) is 0.214. The maximum absolute atomic E-state index is 12.0. The molecule has 0 radical (unpaired) electrons. The van der Waals surface area contributed by atoms with Gasteiger partial charge in [0.1, 0.15) is 0 Å². The van der Waals surface area contributed by atoms with Crippen molar-refractivity contribution >= 4 is 5.78 Å². The maximum Gasteiger partial charge on any atom is 0.165 e. The average Bonchev–Trinajstić information content (AvgIpc) is 2.37. The van der Waals surface area contributed by atoms with Crippen molar-refractivity contribution in [2.45, 2.75) is 18.8 Å². The fourth-order valence-electron chi connectivity index (χ4n) is 2.34. The molecule has 0 bridgehead atoms. The van der Waals surface area contributed by atoms with Gasteiger partial charge in [0.25, 0.3) is 0 Å². The first-order valence-electron chi connectivity index (χ1n) is 5.72. The maximum atomic E-state index is 12.0. The summed E-state index contributed by atoms with van der Waals surface area (Å²) in [6.45, 7) is 0. The van der Waals surface area contributed by atoms with E-state index in [1.54, 1.807) is 12.3 Å². The highest BCUT2D eigenvalue weighted by molar-refractivity contribution is 5.96. The highest BCUT2D eigenvalue weighted by Gasteiger charge is 2.27. The highest BCUT2D eigenvalue weighted by Crippen LogP contribution is 2.37. The van der Waals surface area contributed by atoms with E-state index in [0.717, 1.165) is 6.42 Å². The van der Waals surface area contributed by atoms with Crippen LogP contribution in [-0.4, -0.2) is 16.0 Å². The summed E-state index contributed by atoms with van der Waals surface area (Å²) in [5, 5.41) is 7.41. The number of ketones is 1. The lowest BCUT2D eigenvalue weighted by Crippen LogP contribution is -2.20. The lowest BCUT2D eigenvalue weighted by molar-refractivity contribution is 0.0970. The van der Waals surface area contributed by atoms with Crippen molar-refractivity contribution in [3.63, 3.8) is 0 Å². The van der Waals surface area contributed by atoms with E-state index in [9.17, 15) is 4.79 Å². The van der Waals surface area contributed by atoms with Crippen molar-refractivity contribution in [3.8, 4) is 0 Å². The first kappa shape index (κ1) is 10.1. The van der Waals surface area contributed by atoms with Crippen LogP contribution in [0.5, 0.6) is 0 Å². The van der Waals surface area contributed by atoms with Crippen LogP contribution in [0.15, 0.2) is 42.7 Å². The smallest absolute Gasteiger partial charge is 0.165 e. The minimum atomic E-state index is 0.152. The minimum Gasteiger partial charge on any atom is -0.294 e. The van der Waals surface area contributed by atoms with Gasteiger partial charge in [0, 0.05) is 12.0 Å². The molecule has 0 amide bonds. The molecular formula is C14H12N2O. The third-order valence-electron chi connectivity index (χ3n) is 3.30. The molecule has 1 aliphatic rings. The van der Waals surface area contributed by atoms with E-state index in [4.69, 9.17) is 0 Å². The summed E-state index contributed by atoms with van der Waals surface area (Å²) in [4.78, 5) is 12.0. The zero-order valence-corrected chi connectivity index (χ0v) is 9.34. The summed E-state index contributed by atoms with van der Waals surface area (Å²) in [5.41, 5.74) is 3.35. The Morgan fingerprint density at radius 1 is 1.24 bits per heavy atom. The Balaban J connectivity index is 1.73. The van der Waals surface area contributed by atoms with Gasteiger partial charge in [-0.05, 0) is 29.5 Å². The molecule has 0 spiro atoms. The number of aromatic nitrogens is 2. The van der Waals surface area contributed by atoms with E-state index in [1.165, 1.54) is 17.3 Å². The summed E-state index contributed by atoms with van der Waals surface area (Å²) in [5.74, 6) is 0.534. The Morgan fingerprint density at radius 2 is 2.12 bits per heavy atom. The molecule has 0 fully saturated rings. The van der Waals surface area contributed by atoms with Crippen LogP contribution in [0.25, 0.3) is 0 Å². The van der Waals surface area contributed by atoms with Crippen molar-refractivity contribution in [1.29, 1.82) is 0 Å². The number of hydrogen-bond acceptors (Lipinski definition) is 3. The Labute approximate surface area is 99.5 Å². The normalized spacial score (nSPS) is 17.1. The predicted octanol–water partition coefficient (Wildman–Crippen LogP) is 2.39. The van der Waals surface area contributed by atoms with Crippen molar-refractivity contribution in [1.82, 2.24) is 10.2 Å². The molecule has 3 rings (SSSR count). The van der Waals surface area contributed by atoms with E-state index in [2.05, 4.69) is 22.3 Å². The van der Waals surface area contributed by atoms with Crippen molar-refractivity contribution in [3.05, 3.63) is 59.4 Å².